The van der Waals surface area contributed by atoms with E-state index in [9.17, 15) is 29.1 Å². The molecule has 0 aromatic rings. The van der Waals surface area contributed by atoms with E-state index < -0.39 is 89.9 Å². The third-order valence-electron chi connectivity index (χ3n) is 4.88. The lowest BCUT2D eigenvalue weighted by Crippen LogP contribution is -2.38. The van der Waals surface area contributed by atoms with E-state index in [1.807, 2.05) is 0 Å². The summed E-state index contributed by atoms with van der Waals surface area (Å²) in [7, 11) is -8.41. The minimum absolute atomic E-state index is 0.419. The molecule has 10 atom stereocenters. The van der Waals surface area contributed by atoms with Crippen molar-refractivity contribution in [2.75, 3.05) is 25.9 Å². The minimum atomic E-state index is -4.20. The molecule has 14 heteroatoms. The van der Waals surface area contributed by atoms with Gasteiger partial charge in [0, 0.05) is 0 Å². The maximum Gasteiger partial charge on any atom is 0.353 e. The van der Waals surface area contributed by atoms with E-state index in [2.05, 4.69) is 0 Å². The van der Waals surface area contributed by atoms with Gasteiger partial charge < -0.3 is 48.0 Å². The molecule has 0 aliphatic carbocycles. The first kappa shape index (κ1) is 22.7. The van der Waals surface area contributed by atoms with E-state index in [1.54, 1.807) is 13.8 Å². The third kappa shape index (κ3) is 5.21. The largest absolute Gasteiger partial charge is 0.387 e. The van der Waals surface area contributed by atoms with Crippen molar-refractivity contribution in [1.82, 2.24) is 0 Å². The molecule has 0 spiro atoms. The summed E-state index contributed by atoms with van der Waals surface area (Å²) < 4.78 is 56.0. The zero-order valence-electron chi connectivity index (χ0n) is 15.4. The maximum absolute atomic E-state index is 12.2. The number of ether oxygens (including phenoxy) is 4. The molecule has 3 heterocycles. The zero-order chi connectivity index (χ0) is 20.7. The Hall–Kier alpha value is 0.0600. The molecule has 4 unspecified atom stereocenters. The SMILES string of the molecule is C[C@@H]1O[C@@H]2COP(=O)(O)CO[C@H]3C(O)[C@@H](COP(=O)(O)CO[C@H]1C2O)O[C@H]3C. The number of hydrogen-bond donors (Lipinski definition) is 4. The molecule has 3 saturated heterocycles. The van der Waals surface area contributed by atoms with Crippen molar-refractivity contribution in [3.63, 3.8) is 0 Å². The second kappa shape index (κ2) is 8.66. The lowest BCUT2D eigenvalue weighted by Gasteiger charge is -2.24. The quantitative estimate of drug-likeness (QED) is 0.347. The Bertz CT molecular complexity index is 592. The molecule has 3 rings (SSSR count). The summed E-state index contributed by atoms with van der Waals surface area (Å²) in [4.78, 5) is 19.9. The van der Waals surface area contributed by atoms with Crippen molar-refractivity contribution in [3.05, 3.63) is 0 Å². The summed E-state index contributed by atoms with van der Waals surface area (Å²) in [6.45, 7) is 2.32. The Morgan fingerprint density at radius 3 is 1.46 bits per heavy atom. The van der Waals surface area contributed by atoms with Crippen LogP contribution in [0.15, 0.2) is 0 Å². The first-order chi connectivity index (χ1) is 13.0. The van der Waals surface area contributed by atoms with Gasteiger partial charge in [0.05, 0.1) is 25.4 Å². The first-order valence-electron chi connectivity index (χ1n) is 8.82. The van der Waals surface area contributed by atoms with Gasteiger partial charge in [-0.25, -0.2) is 0 Å². The second-order valence-electron chi connectivity index (χ2n) is 7.13. The van der Waals surface area contributed by atoms with E-state index in [-0.39, 0.29) is 0 Å². The van der Waals surface area contributed by atoms with Gasteiger partial charge in [-0.2, -0.15) is 0 Å². The minimum Gasteiger partial charge on any atom is -0.387 e. The van der Waals surface area contributed by atoms with Crippen LogP contribution in [0, 0.1) is 0 Å². The molecule has 0 amide bonds. The smallest absolute Gasteiger partial charge is 0.353 e. The topological polar surface area (TPSA) is 170 Å². The van der Waals surface area contributed by atoms with Gasteiger partial charge in [0.15, 0.2) is 0 Å². The molecule has 164 valence electrons. The number of aliphatic hydroxyl groups excluding tert-OH is 2. The fourth-order valence-electron chi connectivity index (χ4n) is 3.40. The molecule has 3 aliphatic heterocycles. The van der Waals surface area contributed by atoms with Crippen LogP contribution < -0.4 is 0 Å². The Morgan fingerprint density at radius 2 is 1.11 bits per heavy atom. The van der Waals surface area contributed by atoms with Gasteiger partial charge in [-0.1, -0.05) is 0 Å². The molecule has 3 aliphatic rings. The van der Waals surface area contributed by atoms with Gasteiger partial charge in [0.25, 0.3) is 0 Å². The number of hydrogen-bond acceptors (Lipinski definition) is 10. The average Bonchev–Trinajstić information content (AvgIpc) is 3.03. The molecular formula is C14H26O12P2. The van der Waals surface area contributed by atoms with E-state index >= 15 is 0 Å². The van der Waals surface area contributed by atoms with Crippen molar-refractivity contribution in [3.8, 4) is 0 Å². The lowest BCUT2D eigenvalue weighted by molar-refractivity contribution is -0.0323. The molecule has 28 heavy (non-hydrogen) atoms. The highest BCUT2D eigenvalue weighted by molar-refractivity contribution is 7.52. The van der Waals surface area contributed by atoms with Crippen LogP contribution in [0.3, 0.4) is 0 Å². The molecule has 0 aromatic carbocycles. The summed E-state index contributed by atoms with van der Waals surface area (Å²) in [5, 5.41) is 20.6. The number of fused-ring (bicyclic) bond motifs is 4. The highest BCUT2D eigenvalue weighted by Crippen LogP contribution is 2.46. The highest BCUT2D eigenvalue weighted by atomic mass is 31.2. The Labute approximate surface area is 161 Å². The average molecular weight is 448 g/mol. The van der Waals surface area contributed by atoms with Crippen molar-refractivity contribution < 1.29 is 57.1 Å². The standard InChI is InChI=1S/C14H26O12P2/c1-7-13-11(15)9(25-7)3-23-28(19,20)6-22-14-8(2)26-10(12(14)16)4-24-27(17,18)5-21-13/h7-16H,3-6H2,1-2H3,(H,17,18)(H,19,20)/t7-,8-,9+,10+,11?,12?,13+,14+/m0/s1. The monoisotopic (exact) mass is 448 g/mol. The van der Waals surface area contributed by atoms with E-state index in [0.717, 1.165) is 0 Å². The van der Waals surface area contributed by atoms with Crippen LogP contribution in [-0.2, 0) is 37.1 Å². The van der Waals surface area contributed by atoms with Crippen LogP contribution in [0.1, 0.15) is 13.8 Å². The van der Waals surface area contributed by atoms with Crippen LogP contribution in [0.25, 0.3) is 0 Å². The van der Waals surface area contributed by atoms with Gasteiger partial charge >= 0.3 is 15.2 Å². The van der Waals surface area contributed by atoms with Gasteiger partial charge in [0.2, 0.25) is 0 Å². The molecule has 4 N–H and O–H groups in total. The molecule has 0 aromatic heterocycles. The third-order valence-corrected chi connectivity index (χ3v) is 6.94. The van der Waals surface area contributed by atoms with Gasteiger partial charge in [-0.05, 0) is 13.8 Å². The molecule has 3 fully saturated rings. The Balaban J connectivity index is 1.76. The molecular weight excluding hydrogens is 422 g/mol. The Morgan fingerprint density at radius 1 is 0.750 bits per heavy atom. The van der Waals surface area contributed by atoms with Gasteiger partial charge in [-0.15, -0.1) is 0 Å². The molecule has 4 bridgehead atoms. The van der Waals surface area contributed by atoms with Crippen molar-refractivity contribution in [1.29, 1.82) is 0 Å². The molecule has 12 nitrogen and oxygen atoms in total. The zero-order valence-corrected chi connectivity index (χ0v) is 17.2. The normalized spacial score (nSPS) is 53.9. The van der Waals surface area contributed by atoms with E-state index in [4.69, 9.17) is 28.0 Å². The summed E-state index contributed by atoms with van der Waals surface area (Å²) in [6, 6.07) is 0. The van der Waals surface area contributed by atoms with Gasteiger partial charge in [-0.3, -0.25) is 9.13 Å². The van der Waals surface area contributed by atoms with Crippen LogP contribution in [0.4, 0.5) is 0 Å². The highest BCUT2D eigenvalue weighted by Gasteiger charge is 2.47. The predicted octanol–water partition coefficient (Wildman–Crippen LogP) is -0.614. The summed E-state index contributed by atoms with van der Waals surface area (Å²) in [6.07, 6.45) is -9.11. The molecule has 0 radical (unpaired) electrons. The number of aliphatic hydroxyl groups is 2. The van der Waals surface area contributed by atoms with Crippen LogP contribution >= 0.6 is 15.2 Å². The van der Waals surface area contributed by atoms with Crippen molar-refractivity contribution >= 4 is 15.2 Å². The summed E-state index contributed by atoms with van der Waals surface area (Å²) >= 11 is 0. The maximum atomic E-state index is 12.2. The van der Waals surface area contributed by atoms with E-state index in [1.165, 1.54) is 0 Å². The van der Waals surface area contributed by atoms with Crippen LogP contribution in [0.5, 0.6) is 0 Å². The second-order valence-corrected chi connectivity index (χ2v) is 10.7. The van der Waals surface area contributed by atoms with Crippen molar-refractivity contribution in [2.24, 2.45) is 0 Å². The van der Waals surface area contributed by atoms with Gasteiger partial charge in [0.1, 0.15) is 49.3 Å². The fourth-order valence-corrected chi connectivity index (χ4v) is 5.03. The summed E-state index contributed by atoms with van der Waals surface area (Å²) in [5.74, 6) is 0. The first-order valence-corrected chi connectivity index (χ1v) is 12.3. The number of rotatable bonds is 0. The predicted molar refractivity (Wildman–Crippen MR) is 91.7 cm³/mol. The fraction of sp³-hybridized carbons (Fsp3) is 1.00. The van der Waals surface area contributed by atoms with E-state index in [0.29, 0.717) is 0 Å². The van der Waals surface area contributed by atoms with Crippen LogP contribution in [-0.4, -0.2) is 94.7 Å². The molecule has 0 saturated carbocycles. The summed E-state index contributed by atoms with van der Waals surface area (Å²) in [5.41, 5.74) is 0. The Kier molecular flexibility index (Phi) is 7.03. The van der Waals surface area contributed by atoms with Crippen LogP contribution in [0.2, 0.25) is 0 Å². The van der Waals surface area contributed by atoms with Crippen molar-refractivity contribution in [2.45, 2.75) is 62.7 Å². The lowest BCUT2D eigenvalue weighted by atomic mass is 10.1.